The fraction of sp³-hybridized carbons (Fsp3) is 0.889. The molecular weight excluding hydrogens is 302 g/mol. The van der Waals surface area contributed by atoms with Crippen molar-refractivity contribution in [2.75, 3.05) is 39.3 Å². The molecular formula is C18H33N5O. The first-order valence-electron chi connectivity index (χ1n) is 9.66. The van der Waals surface area contributed by atoms with Crippen molar-refractivity contribution >= 4 is 0 Å². The smallest absolute Gasteiger partial charge is 0.137 e. The second-order valence-electron chi connectivity index (χ2n) is 7.71. The van der Waals surface area contributed by atoms with E-state index in [4.69, 9.17) is 0 Å². The lowest BCUT2D eigenvalue weighted by Gasteiger charge is -2.36. The Hall–Kier alpha value is -0.980. The third-order valence-electron chi connectivity index (χ3n) is 5.67. The molecule has 0 aliphatic carbocycles. The number of aryl methyl sites for hydroxylation is 1. The van der Waals surface area contributed by atoms with Crippen LogP contribution >= 0.6 is 0 Å². The van der Waals surface area contributed by atoms with Crippen LogP contribution in [0.5, 0.6) is 0 Å². The van der Waals surface area contributed by atoms with E-state index in [0.29, 0.717) is 5.92 Å². The summed E-state index contributed by atoms with van der Waals surface area (Å²) in [5.74, 6) is 2.41. The molecule has 3 heterocycles. The second-order valence-corrected chi connectivity index (χ2v) is 7.71. The predicted molar refractivity (Wildman–Crippen MR) is 95.0 cm³/mol. The van der Waals surface area contributed by atoms with Crippen LogP contribution in [0.1, 0.15) is 51.3 Å². The summed E-state index contributed by atoms with van der Waals surface area (Å²) >= 11 is 0. The molecule has 0 saturated carbocycles. The molecule has 6 heteroatoms. The number of rotatable bonds is 6. The van der Waals surface area contributed by atoms with Gasteiger partial charge in [-0.3, -0.25) is 4.90 Å². The summed E-state index contributed by atoms with van der Waals surface area (Å²) in [7, 11) is 0. The molecule has 6 nitrogen and oxygen atoms in total. The summed E-state index contributed by atoms with van der Waals surface area (Å²) in [5, 5.41) is 18.9. The number of likely N-dealkylation sites (tertiary alicyclic amines) is 2. The zero-order chi connectivity index (χ0) is 16.9. The predicted octanol–water partition coefficient (Wildman–Crippen LogP) is 1.57. The van der Waals surface area contributed by atoms with Gasteiger partial charge in [-0.15, -0.1) is 10.2 Å². The fourth-order valence-electron chi connectivity index (χ4n) is 4.15. The van der Waals surface area contributed by atoms with E-state index in [-0.39, 0.29) is 6.10 Å². The van der Waals surface area contributed by atoms with Gasteiger partial charge in [-0.1, -0.05) is 6.92 Å². The Bertz CT molecular complexity index is 497. The average Bonchev–Trinajstić information content (AvgIpc) is 3.06. The lowest BCUT2D eigenvalue weighted by molar-refractivity contribution is 0.0525. The van der Waals surface area contributed by atoms with Gasteiger partial charge in [-0.2, -0.15) is 0 Å². The Kier molecular flexibility index (Phi) is 6.25. The highest BCUT2D eigenvalue weighted by Gasteiger charge is 2.27. The third-order valence-corrected chi connectivity index (χ3v) is 5.67. The van der Waals surface area contributed by atoms with E-state index in [2.05, 4.69) is 38.4 Å². The van der Waals surface area contributed by atoms with Crippen molar-refractivity contribution in [2.24, 2.45) is 5.92 Å². The van der Waals surface area contributed by atoms with E-state index < -0.39 is 0 Å². The Morgan fingerprint density at radius 3 is 2.67 bits per heavy atom. The van der Waals surface area contributed by atoms with Crippen molar-refractivity contribution in [1.82, 2.24) is 24.6 Å². The van der Waals surface area contributed by atoms with E-state index >= 15 is 0 Å². The van der Waals surface area contributed by atoms with Gasteiger partial charge in [-0.25, -0.2) is 0 Å². The van der Waals surface area contributed by atoms with Gasteiger partial charge >= 0.3 is 0 Å². The van der Waals surface area contributed by atoms with Gasteiger partial charge in [0.05, 0.1) is 6.10 Å². The lowest BCUT2D eigenvalue weighted by Crippen LogP contribution is -2.45. The quantitative estimate of drug-likeness (QED) is 0.855. The maximum absolute atomic E-state index is 10.5. The van der Waals surface area contributed by atoms with Crippen molar-refractivity contribution in [3.05, 3.63) is 12.2 Å². The minimum atomic E-state index is -0.249. The molecule has 1 aromatic rings. The summed E-state index contributed by atoms with van der Waals surface area (Å²) in [4.78, 5) is 4.85. The highest BCUT2D eigenvalue weighted by Crippen LogP contribution is 2.25. The van der Waals surface area contributed by atoms with Crippen molar-refractivity contribution in [2.45, 2.75) is 58.1 Å². The first kappa shape index (κ1) is 17.8. The van der Waals surface area contributed by atoms with Gasteiger partial charge in [-0.05, 0) is 58.2 Å². The van der Waals surface area contributed by atoms with Gasteiger partial charge in [0, 0.05) is 32.1 Å². The van der Waals surface area contributed by atoms with Crippen LogP contribution in [0.2, 0.25) is 0 Å². The molecule has 0 radical (unpaired) electrons. The largest absolute Gasteiger partial charge is 0.390 e. The van der Waals surface area contributed by atoms with Crippen LogP contribution in [0.15, 0.2) is 6.33 Å². The van der Waals surface area contributed by atoms with Crippen LogP contribution in [0, 0.1) is 5.92 Å². The van der Waals surface area contributed by atoms with E-state index in [9.17, 15) is 5.11 Å². The molecule has 1 aromatic heterocycles. The number of piperidine rings is 2. The van der Waals surface area contributed by atoms with Gasteiger partial charge in [0.25, 0.3) is 0 Å². The maximum Gasteiger partial charge on any atom is 0.137 e. The lowest BCUT2D eigenvalue weighted by atomic mass is 9.96. The van der Waals surface area contributed by atoms with Crippen LogP contribution < -0.4 is 0 Å². The Morgan fingerprint density at radius 2 is 1.92 bits per heavy atom. The number of aliphatic hydroxyl groups is 1. The molecule has 0 bridgehead atoms. The van der Waals surface area contributed by atoms with E-state index in [1.165, 1.54) is 25.7 Å². The molecule has 0 amide bonds. The highest BCUT2D eigenvalue weighted by molar-refractivity contribution is 5.00. The number of aliphatic hydroxyl groups excluding tert-OH is 1. The van der Waals surface area contributed by atoms with Crippen molar-refractivity contribution < 1.29 is 5.11 Å². The molecule has 2 unspecified atom stereocenters. The molecule has 2 aliphatic rings. The Balaban J connectivity index is 1.48. The first-order chi connectivity index (χ1) is 11.7. The minimum absolute atomic E-state index is 0.249. The molecule has 3 rings (SSSR count). The average molecular weight is 335 g/mol. The summed E-state index contributed by atoms with van der Waals surface area (Å²) in [6.07, 6.45) is 6.47. The summed E-state index contributed by atoms with van der Waals surface area (Å²) in [6.45, 7) is 11.3. The molecule has 1 N–H and O–H groups in total. The van der Waals surface area contributed by atoms with Crippen molar-refractivity contribution in [3.63, 3.8) is 0 Å². The highest BCUT2D eigenvalue weighted by atomic mass is 16.3. The molecule has 2 fully saturated rings. The molecule has 2 atom stereocenters. The Labute approximate surface area is 145 Å². The molecule has 24 heavy (non-hydrogen) atoms. The molecule has 2 aliphatic heterocycles. The van der Waals surface area contributed by atoms with Gasteiger partial charge in [0.15, 0.2) is 0 Å². The van der Waals surface area contributed by atoms with Crippen LogP contribution in [0.25, 0.3) is 0 Å². The maximum atomic E-state index is 10.5. The molecule has 0 spiro atoms. The zero-order valence-corrected chi connectivity index (χ0v) is 15.3. The van der Waals surface area contributed by atoms with E-state index in [0.717, 1.165) is 57.6 Å². The zero-order valence-electron chi connectivity index (χ0n) is 15.3. The number of β-amino-alcohol motifs (C(OH)–C–C–N with tert-alkyl or cyclic N) is 1. The molecule has 2 saturated heterocycles. The van der Waals surface area contributed by atoms with Crippen LogP contribution in [0.4, 0.5) is 0 Å². The fourth-order valence-corrected chi connectivity index (χ4v) is 4.15. The van der Waals surface area contributed by atoms with Crippen molar-refractivity contribution in [3.8, 4) is 0 Å². The summed E-state index contributed by atoms with van der Waals surface area (Å²) in [5.41, 5.74) is 0. The number of nitrogens with zero attached hydrogens (tertiary/aromatic N) is 5. The SMILES string of the molecule is CCn1cnnc1C1CCCN(CC(O)CN2CCC(C)CC2)C1. The van der Waals surface area contributed by atoms with Gasteiger partial charge in [0.2, 0.25) is 0 Å². The van der Waals surface area contributed by atoms with Gasteiger partial charge in [0.1, 0.15) is 12.2 Å². The van der Waals surface area contributed by atoms with Crippen LogP contribution in [-0.2, 0) is 6.54 Å². The Morgan fingerprint density at radius 1 is 1.17 bits per heavy atom. The number of aromatic nitrogens is 3. The van der Waals surface area contributed by atoms with Crippen LogP contribution in [0.3, 0.4) is 0 Å². The summed E-state index contributed by atoms with van der Waals surface area (Å²) in [6, 6.07) is 0. The second kappa shape index (κ2) is 8.41. The standard InChI is InChI=1S/C18H33N5O/c1-3-23-14-19-20-18(23)16-5-4-8-22(11-16)13-17(24)12-21-9-6-15(2)7-10-21/h14-17,24H,3-13H2,1-2H3. The van der Waals surface area contributed by atoms with E-state index in [1.54, 1.807) is 0 Å². The minimum Gasteiger partial charge on any atom is -0.390 e. The first-order valence-corrected chi connectivity index (χ1v) is 9.66. The normalized spacial score (nSPS) is 25.9. The van der Waals surface area contributed by atoms with Gasteiger partial charge < -0.3 is 14.6 Å². The van der Waals surface area contributed by atoms with E-state index in [1.807, 2.05) is 6.33 Å². The van der Waals surface area contributed by atoms with Crippen molar-refractivity contribution in [1.29, 1.82) is 0 Å². The topological polar surface area (TPSA) is 57.4 Å². The number of hydrogen-bond donors (Lipinski definition) is 1. The molecule has 136 valence electrons. The molecule has 0 aromatic carbocycles. The summed E-state index contributed by atoms with van der Waals surface area (Å²) < 4.78 is 2.15. The third kappa shape index (κ3) is 4.55. The monoisotopic (exact) mass is 335 g/mol. The number of hydrogen-bond acceptors (Lipinski definition) is 5. The van der Waals surface area contributed by atoms with Crippen LogP contribution in [-0.4, -0.2) is 75.0 Å².